The fourth-order valence-corrected chi connectivity index (χ4v) is 1.88. The third-order valence-corrected chi connectivity index (χ3v) is 2.99. The van der Waals surface area contributed by atoms with Gasteiger partial charge in [-0.3, -0.25) is 4.98 Å². The lowest BCUT2D eigenvalue weighted by atomic mass is 9.82. The van der Waals surface area contributed by atoms with Crippen LogP contribution in [0.25, 0.3) is 0 Å². The van der Waals surface area contributed by atoms with E-state index in [9.17, 15) is 0 Å². The van der Waals surface area contributed by atoms with Gasteiger partial charge in [0.1, 0.15) is 12.4 Å². The Morgan fingerprint density at radius 2 is 2.05 bits per heavy atom. The largest absolute Gasteiger partial charge is 0.490 e. The maximum Gasteiger partial charge on any atom is 0.490 e. The van der Waals surface area contributed by atoms with E-state index < -0.39 is 7.12 Å². The number of halogens is 1. The Morgan fingerprint density at radius 1 is 1.26 bits per heavy atom. The molecule has 0 radical (unpaired) electrons. The Labute approximate surface area is 116 Å². The molecule has 0 fully saturated rings. The van der Waals surface area contributed by atoms with Crippen LogP contribution >= 0.6 is 11.6 Å². The van der Waals surface area contributed by atoms with Crippen molar-refractivity contribution >= 4 is 24.2 Å². The van der Waals surface area contributed by atoms with Crippen LogP contribution in [0.15, 0.2) is 36.7 Å². The van der Waals surface area contributed by atoms with Crippen molar-refractivity contribution in [3.63, 3.8) is 0 Å². The molecule has 2 aromatic rings. The summed E-state index contributed by atoms with van der Waals surface area (Å²) in [5.74, 6) is 0.460. The van der Waals surface area contributed by atoms with Crippen LogP contribution in [-0.4, -0.2) is 22.2 Å². The SMILES string of the molecule is Cc1ccc(COc2cncc(B(O)O)c2)c(Cl)c1. The average molecular weight is 278 g/mol. The summed E-state index contributed by atoms with van der Waals surface area (Å²) in [5.41, 5.74) is 2.23. The lowest BCUT2D eigenvalue weighted by molar-refractivity contribution is 0.305. The maximum absolute atomic E-state index is 9.05. The Bertz CT molecular complexity index is 578. The number of nitrogens with zero attached hydrogens (tertiary/aromatic N) is 1. The van der Waals surface area contributed by atoms with Crippen molar-refractivity contribution in [2.75, 3.05) is 0 Å². The summed E-state index contributed by atoms with van der Waals surface area (Å²) in [6.45, 7) is 2.26. The molecular weight excluding hydrogens is 264 g/mol. The second kappa shape index (κ2) is 6.06. The summed E-state index contributed by atoms with van der Waals surface area (Å²) in [4.78, 5) is 3.88. The van der Waals surface area contributed by atoms with Gasteiger partial charge in [0.25, 0.3) is 0 Å². The average Bonchev–Trinajstić information content (AvgIpc) is 2.38. The third kappa shape index (κ3) is 3.70. The number of hydrogen-bond acceptors (Lipinski definition) is 4. The van der Waals surface area contributed by atoms with E-state index in [-0.39, 0.29) is 5.46 Å². The first kappa shape index (κ1) is 13.9. The van der Waals surface area contributed by atoms with Crippen LogP contribution in [0.4, 0.5) is 0 Å². The molecule has 19 heavy (non-hydrogen) atoms. The Morgan fingerprint density at radius 3 is 2.74 bits per heavy atom. The van der Waals surface area contributed by atoms with E-state index in [2.05, 4.69) is 4.98 Å². The Hall–Kier alpha value is -1.56. The summed E-state index contributed by atoms with van der Waals surface area (Å²) < 4.78 is 5.53. The van der Waals surface area contributed by atoms with Crippen LogP contribution in [-0.2, 0) is 6.61 Å². The molecule has 98 valence electrons. The lowest BCUT2D eigenvalue weighted by Gasteiger charge is -2.09. The van der Waals surface area contributed by atoms with Crippen LogP contribution in [0.5, 0.6) is 5.75 Å². The number of aryl methyl sites for hydroxylation is 1. The molecule has 0 atom stereocenters. The van der Waals surface area contributed by atoms with E-state index in [4.69, 9.17) is 26.4 Å². The highest BCUT2D eigenvalue weighted by Gasteiger charge is 2.12. The lowest BCUT2D eigenvalue weighted by Crippen LogP contribution is -2.30. The van der Waals surface area contributed by atoms with Crippen molar-refractivity contribution in [3.05, 3.63) is 52.8 Å². The van der Waals surface area contributed by atoms with Gasteiger partial charge in [-0.15, -0.1) is 0 Å². The first-order valence-electron chi connectivity index (χ1n) is 5.75. The monoisotopic (exact) mass is 277 g/mol. The summed E-state index contributed by atoms with van der Waals surface area (Å²) in [5, 5.41) is 18.7. The van der Waals surface area contributed by atoms with Crippen LogP contribution in [0.2, 0.25) is 5.02 Å². The van der Waals surface area contributed by atoms with Crippen molar-refractivity contribution in [1.29, 1.82) is 0 Å². The minimum Gasteiger partial charge on any atom is -0.487 e. The molecular formula is C13H13BClNO3. The fraction of sp³-hybridized carbons (Fsp3) is 0.154. The normalized spacial score (nSPS) is 10.3. The molecule has 1 aromatic heterocycles. The van der Waals surface area contributed by atoms with Gasteiger partial charge in [0.2, 0.25) is 0 Å². The molecule has 0 spiro atoms. The molecule has 0 aliphatic carbocycles. The van der Waals surface area contributed by atoms with Crippen LogP contribution in [0.3, 0.4) is 0 Å². The third-order valence-electron chi connectivity index (χ3n) is 2.64. The minimum absolute atomic E-state index is 0.285. The van der Waals surface area contributed by atoms with Gasteiger partial charge in [-0.05, 0) is 24.6 Å². The fourth-order valence-electron chi connectivity index (χ4n) is 1.59. The van der Waals surface area contributed by atoms with Crippen LogP contribution in [0, 0.1) is 6.92 Å². The number of benzene rings is 1. The van der Waals surface area contributed by atoms with Gasteiger partial charge >= 0.3 is 7.12 Å². The topological polar surface area (TPSA) is 62.6 Å². The molecule has 2 rings (SSSR count). The molecule has 0 unspecified atom stereocenters. The first-order valence-corrected chi connectivity index (χ1v) is 6.13. The van der Waals surface area contributed by atoms with Gasteiger partial charge in [-0.1, -0.05) is 23.7 Å². The Kier molecular flexibility index (Phi) is 4.42. The van der Waals surface area contributed by atoms with E-state index in [1.807, 2.05) is 25.1 Å². The van der Waals surface area contributed by atoms with E-state index >= 15 is 0 Å². The molecule has 4 nitrogen and oxygen atoms in total. The second-order valence-corrected chi connectivity index (χ2v) is 4.62. The number of pyridine rings is 1. The molecule has 1 heterocycles. The highest BCUT2D eigenvalue weighted by atomic mass is 35.5. The van der Waals surface area contributed by atoms with Crippen LogP contribution < -0.4 is 10.2 Å². The van der Waals surface area contributed by atoms with Gasteiger partial charge in [0, 0.05) is 22.2 Å². The molecule has 0 saturated heterocycles. The van der Waals surface area contributed by atoms with E-state index in [0.29, 0.717) is 17.4 Å². The predicted molar refractivity (Wildman–Crippen MR) is 74.6 cm³/mol. The van der Waals surface area contributed by atoms with E-state index in [1.54, 1.807) is 0 Å². The number of hydrogen-bond donors (Lipinski definition) is 2. The number of aromatic nitrogens is 1. The number of rotatable bonds is 4. The zero-order valence-corrected chi connectivity index (χ0v) is 11.1. The van der Waals surface area contributed by atoms with Gasteiger partial charge in [-0.2, -0.15) is 0 Å². The van der Waals surface area contributed by atoms with Gasteiger partial charge < -0.3 is 14.8 Å². The molecule has 0 aliphatic heterocycles. The Balaban J connectivity index is 2.08. The van der Waals surface area contributed by atoms with Crippen molar-refractivity contribution < 1.29 is 14.8 Å². The summed E-state index contributed by atoms with van der Waals surface area (Å²) in [7, 11) is -1.56. The summed E-state index contributed by atoms with van der Waals surface area (Å²) >= 11 is 6.10. The highest BCUT2D eigenvalue weighted by molar-refractivity contribution is 6.58. The molecule has 0 bridgehead atoms. The van der Waals surface area contributed by atoms with Gasteiger partial charge in [0.15, 0.2) is 0 Å². The van der Waals surface area contributed by atoms with Crippen molar-refractivity contribution in [2.24, 2.45) is 0 Å². The zero-order chi connectivity index (χ0) is 13.8. The van der Waals surface area contributed by atoms with Gasteiger partial charge in [0.05, 0.1) is 6.20 Å². The molecule has 6 heteroatoms. The van der Waals surface area contributed by atoms with Crippen molar-refractivity contribution in [1.82, 2.24) is 4.98 Å². The number of ether oxygens (including phenoxy) is 1. The van der Waals surface area contributed by atoms with Crippen LogP contribution in [0.1, 0.15) is 11.1 Å². The zero-order valence-electron chi connectivity index (χ0n) is 10.4. The minimum atomic E-state index is -1.56. The molecule has 0 aliphatic rings. The summed E-state index contributed by atoms with van der Waals surface area (Å²) in [6, 6.07) is 7.25. The van der Waals surface area contributed by atoms with Gasteiger partial charge in [-0.25, -0.2) is 0 Å². The smallest absolute Gasteiger partial charge is 0.487 e. The maximum atomic E-state index is 9.05. The molecule has 2 N–H and O–H groups in total. The molecule has 0 amide bonds. The summed E-state index contributed by atoms with van der Waals surface area (Å²) in [6.07, 6.45) is 2.88. The molecule has 0 saturated carbocycles. The van der Waals surface area contributed by atoms with E-state index in [1.165, 1.54) is 18.5 Å². The highest BCUT2D eigenvalue weighted by Crippen LogP contribution is 2.19. The second-order valence-electron chi connectivity index (χ2n) is 4.21. The first-order chi connectivity index (χ1) is 9.06. The molecule has 1 aromatic carbocycles. The quantitative estimate of drug-likeness (QED) is 0.827. The standard InChI is InChI=1S/C13H13BClNO3/c1-9-2-3-10(13(15)4-9)8-19-12-5-11(14(17)18)6-16-7-12/h2-7,17-18H,8H2,1H3. The van der Waals surface area contributed by atoms with E-state index in [0.717, 1.165) is 11.1 Å². The van der Waals surface area contributed by atoms with Crippen molar-refractivity contribution in [3.8, 4) is 5.75 Å². The van der Waals surface area contributed by atoms with Crippen molar-refractivity contribution in [2.45, 2.75) is 13.5 Å². The predicted octanol–water partition coefficient (Wildman–Crippen LogP) is 1.30.